The Kier molecular flexibility index (Phi) is 4.36. The van der Waals surface area contributed by atoms with Gasteiger partial charge >= 0.3 is 12.9 Å². The predicted octanol–water partition coefficient (Wildman–Crippen LogP) is 0.722. The third kappa shape index (κ3) is 2.47. The van der Waals surface area contributed by atoms with Gasteiger partial charge in [-0.05, 0) is 17.1 Å². The molecule has 1 aromatic rings. The van der Waals surface area contributed by atoms with Crippen LogP contribution < -0.4 is 11.2 Å². The van der Waals surface area contributed by atoms with E-state index in [1.165, 1.54) is 11.8 Å². The summed E-state index contributed by atoms with van der Waals surface area (Å²) in [6.45, 7) is 2.40. The number of nitrogens with two attached hydrogens (primary N) is 1. The monoisotopic (exact) mass is 518 g/mol. The van der Waals surface area contributed by atoms with E-state index >= 15 is 0 Å². The first kappa shape index (κ1) is 14.1. The van der Waals surface area contributed by atoms with Gasteiger partial charge in [0.2, 0.25) is 0 Å². The topological polar surface area (TPSA) is 72.5 Å². The smallest absolute Gasteiger partial charge is 0.325 e. The van der Waals surface area contributed by atoms with Crippen LogP contribution in [0.2, 0.25) is 6.82 Å². The van der Waals surface area contributed by atoms with Gasteiger partial charge in [-0.25, -0.2) is 0 Å². The second-order valence-electron chi connectivity index (χ2n) is 3.94. The number of rotatable bonds is 4. The summed E-state index contributed by atoms with van der Waals surface area (Å²) in [5.41, 5.74) is 7.84. The van der Waals surface area contributed by atoms with Crippen molar-refractivity contribution in [1.82, 2.24) is 0 Å². The third-order valence-electron chi connectivity index (χ3n) is 2.79. The molecule has 1 heterocycles. The largest absolute Gasteiger partial charge is 0.481 e. The van der Waals surface area contributed by atoms with Crippen molar-refractivity contribution in [2.75, 3.05) is 12.3 Å². The molecule has 4 nitrogen and oxygen atoms in total. The predicted molar refractivity (Wildman–Crippen MR) is 68.9 cm³/mol. The summed E-state index contributed by atoms with van der Waals surface area (Å²) in [5.74, 6) is -0.745. The first-order chi connectivity index (χ1) is 8.13. The fourth-order valence-electron chi connectivity index (χ4n) is 2.11. The number of carboxylic acids is 1. The number of hydrogen-bond donors (Lipinski definition) is 2. The van der Waals surface area contributed by atoms with Crippen molar-refractivity contribution in [3.05, 3.63) is 23.8 Å². The molecule has 0 bridgehead atoms. The molecule has 0 spiro atoms. The Balaban J connectivity index is 0.00000162. The molecule has 0 fully saturated rings. The molecule has 1 aromatic carbocycles. The van der Waals surface area contributed by atoms with Crippen molar-refractivity contribution in [3.63, 3.8) is 0 Å². The maximum absolute atomic E-state index is 10.6. The van der Waals surface area contributed by atoms with Crippen molar-refractivity contribution >= 4 is 30.1 Å². The summed E-state index contributed by atoms with van der Waals surface area (Å²) in [5, 5.41) is 8.72. The van der Waals surface area contributed by atoms with Crippen LogP contribution in [0.4, 0.5) is 0 Å². The van der Waals surface area contributed by atoms with Gasteiger partial charge in [0.05, 0.1) is 11.9 Å². The minimum absolute atomic E-state index is 0. The van der Waals surface area contributed by atoms with Crippen molar-refractivity contribution in [2.24, 2.45) is 5.73 Å². The maximum atomic E-state index is 10.6. The van der Waals surface area contributed by atoms with Crippen LogP contribution in [0.25, 0.3) is 0 Å². The molecule has 0 unspecified atom stereocenters. The number of carbonyl (C=O) groups is 1. The molecule has 0 amide bonds. The summed E-state index contributed by atoms with van der Waals surface area (Å²) in [6.07, 6.45) is -0.0645. The first-order valence-electron chi connectivity index (χ1n) is 5.46. The van der Waals surface area contributed by atoms with Crippen molar-refractivity contribution in [3.8, 4) is 0 Å². The zero-order chi connectivity index (χ0) is 12.4. The molecule has 1 aliphatic rings. The molecule has 7 heteroatoms. The van der Waals surface area contributed by atoms with E-state index in [0.717, 1.165) is 15.9 Å². The van der Waals surface area contributed by atoms with Crippen molar-refractivity contribution < 1.29 is 14.6 Å². The van der Waals surface area contributed by atoms with Gasteiger partial charge < -0.3 is 15.5 Å². The molecule has 0 aromatic heterocycles. The average Bonchev–Trinajstić information content (AvgIpc) is 2.64. The number of aliphatic carboxylic acids is 1. The Morgan fingerprint density at radius 2 is 2.33 bits per heavy atom. The number of benzene rings is 1. The number of carboxylic acid groups (broad SMARTS) is 1. The molecule has 0 radical (unpaired) electrons. The van der Waals surface area contributed by atoms with E-state index in [1.807, 2.05) is 25.0 Å². The van der Waals surface area contributed by atoms with Crippen LogP contribution >= 0.6 is 11.8 Å². The Morgan fingerprint density at radius 3 is 2.94 bits per heavy atom. The van der Waals surface area contributed by atoms with Crippen LogP contribution in [0.15, 0.2) is 23.1 Å². The standard InChI is InChI=1S/C11H14BNO3S.Rf/c1-12-11-7(8(5-13)16-12)3-2-4-9(11)17-6-10(14)15;/h2-4,8H,5-6,13H2,1H3,(H,14,15);/t8-;/m0./s1. The van der Waals surface area contributed by atoms with Crippen LogP contribution in [-0.2, 0) is 9.45 Å². The van der Waals surface area contributed by atoms with E-state index in [-0.39, 0.29) is 18.8 Å². The molecule has 1 aliphatic heterocycles. The zero-order valence-electron chi connectivity index (χ0n) is 10.3. The Labute approximate surface area is 105 Å². The van der Waals surface area contributed by atoms with Gasteiger partial charge in [-0.15, -0.1) is 11.8 Å². The maximum Gasteiger partial charge on any atom is 0.325 e. The van der Waals surface area contributed by atoms with Crippen LogP contribution in [0.5, 0.6) is 0 Å². The van der Waals surface area contributed by atoms with Gasteiger partial charge in [0.1, 0.15) is 0 Å². The van der Waals surface area contributed by atoms with E-state index < -0.39 is 5.97 Å². The molecular weight excluding hydrogens is 504 g/mol. The van der Waals surface area contributed by atoms with Crippen molar-refractivity contribution in [2.45, 2.75) is 17.8 Å². The van der Waals surface area contributed by atoms with Crippen molar-refractivity contribution in [1.29, 1.82) is 0 Å². The molecule has 3 N–H and O–H groups in total. The van der Waals surface area contributed by atoms with Crippen LogP contribution in [0.1, 0.15) is 11.7 Å². The van der Waals surface area contributed by atoms with Gasteiger partial charge in [0.25, 0.3) is 0 Å². The second kappa shape index (κ2) is 5.57. The number of hydrogen-bond acceptors (Lipinski definition) is 4. The summed E-state index contributed by atoms with van der Waals surface area (Å²) in [7, 11) is 0. The Morgan fingerprint density at radius 1 is 1.61 bits per heavy atom. The summed E-state index contributed by atoms with van der Waals surface area (Å²) < 4.78 is 5.74. The quantitative estimate of drug-likeness (QED) is 0.455. The summed E-state index contributed by atoms with van der Waals surface area (Å²) in [6, 6.07) is 5.86. The summed E-state index contributed by atoms with van der Waals surface area (Å²) >= 11 is 1.33. The van der Waals surface area contributed by atoms with Gasteiger partial charge in [-0.3, -0.25) is 4.79 Å². The van der Waals surface area contributed by atoms with Crippen LogP contribution in [0, 0.1) is 0 Å². The number of thioether (sulfide) groups is 1. The van der Waals surface area contributed by atoms with Crippen LogP contribution in [0.3, 0.4) is 0 Å². The SMILES string of the molecule is CB1O[C@@H](CN)c2cccc(SCC(=O)O)c21.[Rf]. The molecule has 1 atom stereocenters. The minimum Gasteiger partial charge on any atom is -0.481 e. The van der Waals surface area contributed by atoms with Crippen LogP contribution in [-0.4, -0.2) is 30.3 Å². The van der Waals surface area contributed by atoms with E-state index in [2.05, 4.69) is 0 Å². The molecular formula is C11H14BNO3RfS. The molecule has 0 saturated carbocycles. The van der Waals surface area contributed by atoms with Gasteiger partial charge in [-0.2, -0.15) is 0 Å². The van der Waals surface area contributed by atoms with Gasteiger partial charge in [0, 0.05) is 11.4 Å². The Hall–Kier alpha value is -1.98. The first-order valence-corrected chi connectivity index (χ1v) is 6.45. The molecule has 0 saturated heterocycles. The van der Waals surface area contributed by atoms with E-state index in [1.54, 1.807) is 0 Å². The second-order valence-corrected chi connectivity index (χ2v) is 4.96. The fourth-order valence-corrected chi connectivity index (χ4v) is 3.01. The minimum atomic E-state index is -0.811. The van der Waals surface area contributed by atoms with E-state index in [0.29, 0.717) is 6.54 Å². The molecule has 2 rings (SSSR count). The summed E-state index contributed by atoms with van der Waals surface area (Å²) in [4.78, 5) is 11.6. The molecule has 0 aliphatic carbocycles. The fraction of sp³-hybridized carbons (Fsp3) is 0.364. The normalized spacial score (nSPS) is 17.2. The molecule has 92 valence electrons. The van der Waals surface area contributed by atoms with Gasteiger partial charge in [0.15, 0.2) is 0 Å². The zero-order valence-corrected chi connectivity index (χ0v) is 17.5. The van der Waals surface area contributed by atoms with Gasteiger partial charge in [-0.1, -0.05) is 19.0 Å². The van der Waals surface area contributed by atoms with E-state index in [9.17, 15) is 4.79 Å². The Bertz CT molecular complexity index is 446. The number of fused-ring (bicyclic) bond motifs is 1. The molecule has 18 heavy (non-hydrogen) atoms. The van der Waals surface area contributed by atoms with E-state index in [4.69, 9.17) is 15.5 Å². The third-order valence-corrected chi connectivity index (χ3v) is 3.85. The average molecular weight is 518 g/mol.